The lowest BCUT2D eigenvalue weighted by atomic mass is 10.2. The molecule has 3 nitrogen and oxygen atoms in total. The first-order valence-corrected chi connectivity index (χ1v) is 8.62. The van der Waals surface area contributed by atoms with Crippen molar-refractivity contribution in [2.45, 2.75) is 64.2 Å². The summed E-state index contributed by atoms with van der Waals surface area (Å²) in [6.07, 6.45) is 13.6. The Balaban J connectivity index is 2.01. The van der Waals surface area contributed by atoms with E-state index in [0.717, 1.165) is 0 Å². The summed E-state index contributed by atoms with van der Waals surface area (Å²) in [6, 6.07) is 0. The van der Waals surface area contributed by atoms with Crippen molar-refractivity contribution in [2.75, 3.05) is 39.3 Å². The molecule has 19 heavy (non-hydrogen) atoms. The SMILES string of the molecule is C1CCCNCCCCNCCCCCCNCC1. The Morgan fingerprint density at radius 2 is 0.474 bits per heavy atom. The standard InChI is InChI=1S/C16H35N3/c1-3-7-13-18-15-9-10-16-19-14-8-4-2-6-12-17-11-5-1/h17-19H,1-16H2. The maximum atomic E-state index is 3.57. The second-order valence-corrected chi connectivity index (χ2v) is 5.79. The summed E-state index contributed by atoms with van der Waals surface area (Å²) >= 11 is 0. The highest BCUT2D eigenvalue weighted by atomic mass is 14.9. The van der Waals surface area contributed by atoms with Gasteiger partial charge in [-0.25, -0.2) is 0 Å². The lowest BCUT2D eigenvalue weighted by Crippen LogP contribution is -2.20. The normalized spacial score (nSPS) is 24.0. The topological polar surface area (TPSA) is 36.1 Å². The molecule has 1 saturated heterocycles. The molecule has 0 aromatic heterocycles. The molecule has 0 unspecified atom stereocenters. The van der Waals surface area contributed by atoms with Crippen molar-refractivity contribution in [1.29, 1.82) is 0 Å². The lowest BCUT2D eigenvalue weighted by Gasteiger charge is -2.06. The van der Waals surface area contributed by atoms with Gasteiger partial charge in [0.05, 0.1) is 0 Å². The van der Waals surface area contributed by atoms with Crippen LogP contribution in [0.1, 0.15) is 64.2 Å². The van der Waals surface area contributed by atoms with E-state index in [1.807, 2.05) is 0 Å². The second-order valence-electron chi connectivity index (χ2n) is 5.79. The first-order chi connectivity index (χ1) is 9.50. The van der Waals surface area contributed by atoms with Crippen molar-refractivity contribution < 1.29 is 0 Å². The quantitative estimate of drug-likeness (QED) is 0.633. The van der Waals surface area contributed by atoms with Gasteiger partial charge in [0.15, 0.2) is 0 Å². The van der Waals surface area contributed by atoms with Crippen molar-refractivity contribution in [3.63, 3.8) is 0 Å². The molecule has 3 N–H and O–H groups in total. The smallest absolute Gasteiger partial charge is 0.00484 e. The molecule has 1 heterocycles. The largest absolute Gasteiger partial charge is 0.317 e. The minimum Gasteiger partial charge on any atom is -0.317 e. The highest BCUT2D eigenvalue weighted by molar-refractivity contribution is 4.56. The van der Waals surface area contributed by atoms with Crippen molar-refractivity contribution in [2.24, 2.45) is 0 Å². The molecule has 0 saturated carbocycles. The molecule has 1 rings (SSSR count). The van der Waals surface area contributed by atoms with E-state index in [-0.39, 0.29) is 0 Å². The Morgan fingerprint density at radius 3 is 0.737 bits per heavy atom. The molecule has 114 valence electrons. The molecule has 0 bridgehead atoms. The molecule has 0 radical (unpaired) electrons. The predicted octanol–water partition coefficient (Wildman–Crippen LogP) is 2.67. The number of rotatable bonds is 0. The summed E-state index contributed by atoms with van der Waals surface area (Å²) in [5.74, 6) is 0. The van der Waals surface area contributed by atoms with E-state index in [1.165, 1.54) is 103 Å². The zero-order chi connectivity index (χ0) is 13.4. The van der Waals surface area contributed by atoms with Crippen LogP contribution in [0.3, 0.4) is 0 Å². The molecule has 0 aliphatic carbocycles. The van der Waals surface area contributed by atoms with Crippen molar-refractivity contribution in [3.8, 4) is 0 Å². The van der Waals surface area contributed by atoms with Gasteiger partial charge in [0.25, 0.3) is 0 Å². The highest BCUT2D eigenvalue weighted by Gasteiger charge is 1.95. The van der Waals surface area contributed by atoms with Gasteiger partial charge in [0, 0.05) is 0 Å². The molecular weight excluding hydrogens is 234 g/mol. The first-order valence-electron chi connectivity index (χ1n) is 8.62. The van der Waals surface area contributed by atoms with E-state index in [9.17, 15) is 0 Å². The van der Waals surface area contributed by atoms with E-state index < -0.39 is 0 Å². The molecule has 0 aromatic rings. The van der Waals surface area contributed by atoms with Gasteiger partial charge in [-0.05, 0) is 77.8 Å². The number of nitrogens with one attached hydrogen (secondary N) is 3. The van der Waals surface area contributed by atoms with Crippen LogP contribution in [-0.2, 0) is 0 Å². The zero-order valence-electron chi connectivity index (χ0n) is 12.8. The third-order valence-electron chi connectivity index (χ3n) is 3.87. The van der Waals surface area contributed by atoms with Crippen LogP contribution < -0.4 is 16.0 Å². The van der Waals surface area contributed by atoms with Gasteiger partial charge in [-0.2, -0.15) is 0 Å². The van der Waals surface area contributed by atoms with Crippen LogP contribution in [-0.4, -0.2) is 39.3 Å². The van der Waals surface area contributed by atoms with Gasteiger partial charge >= 0.3 is 0 Å². The molecule has 0 amide bonds. The molecule has 3 heteroatoms. The Morgan fingerprint density at radius 1 is 0.263 bits per heavy atom. The van der Waals surface area contributed by atoms with Gasteiger partial charge in [0.1, 0.15) is 0 Å². The summed E-state index contributed by atoms with van der Waals surface area (Å²) in [5, 5.41) is 10.7. The molecule has 0 aromatic carbocycles. The highest BCUT2D eigenvalue weighted by Crippen LogP contribution is 2.00. The third kappa shape index (κ3) is 12.6. The summed E-state index contributed by atoms with van der Waals surface area (Å²) in [4.78, 5) is 0. The first kappa shape index (κ1) is 16.9. The summed E-state index contributed by atoms with van der Waals surface area (Å²) in [5.41, 5.74) is 0. The van der Waals surface area contributed by atoms with Crippen molar-refractivity contribution in [1.82, 2.24) is 16.0 Å². The molecule has 1 aliphatic rings. The van der Waals surface area contributed by atoms with Crippen LogP contribution in [0.25, 0.3) is 0 Å². The van der Waals surface area contributed by atoms with Crippen LogP contribution in [0.2, 0.25) is 0 Å². The molecular formula is C16H35N3. The van der Waals surface area contributed by atoms with Gasteiger partial charge in [-0.3, -0.25) is 0 Å². The Labute approximate surface area is 120 Å². The summed E-state index contributed by atoms with van der Waals surface area (Å²) < 4.78 is 0. The minimum absolute atomic E-state index is 1.20. The van der Waals surface area contributed by atoms with Crippen LogP contribution in [0.15, 0.2) is 0 Å². The Hall–Kier alpha value is -0.120. The Kier molecular flexibility index (Phi) is 12.7. The fourth-order valence-corrected chi connectivity index (χ4v) is 2.58. The summed E-state index contributed by atoms with van der Waals surface area (Å²) in [7, 11) is 0. The van der Waals surface area contributed by atoms with E-state index in [2.05, 4.69) is 16.0 Å². The minimum atomic E-state index is 1.20. The molecule has 1 aliphatic heterocycles. The second kappa shape index (κ2) is 14.3. The van der Waals surface area contributed by atoms with Gasteiger partial charge < -0.3 is 16.0 Å². The van der Waals surface area contributed by atoms with E-state index in [0.29, 0.717) is 0 Å². The predicted molar refractivity (Wildman–Crippen MR) is 84.8 cm³/mol. The molecule has 0 spiro atoms. The molecule has 0 atom stereocenters. The van der Waals surface area contributed by atoms with Gasteiger partial charge in [-0.1, -0.05) is 25.7 Å². The van der Waals surface area contributed by atoms with Crippen molar-refractivity contribution in [3.05, 3.63) is 0 Å². The van der Waals surface area contributed by atoms with E-state index in [1.54, 1.807) is 0 Å². The fourth-order valence-electron chi connectivity index (χ4n) is 2.58. The third-order valence-corrected chi connectivity index (χ3v) is 3.87. The maximum absolute atomic E-state index is 3.57. The number of hydrogen-bond donors (Lipinski definition) is 3. The van der Waals surface area contributed by atoms with Crippen molar-refractivity contribution >= 4 is 0 Å². The Bertz CT molecular complexity index is 92.7. The summed E-state index contributed by atoms with van der Waals surface area (Å²) in [6.45, 7) is 7.25. The van der Waals surface area contributed by atoms with Crippen LogP contribution in [0, 0.1) is 0 Å². The van der Waals surface area contributed by atoms with Crippen LogP contribution in [0.4, 0.5) is 0 Å². The van der Waals surface area contributed by atoms with Gasteiger partial charge in [-0.15, -0.1) is 0 Å². The van der Waals surface area contributed by atoms with E-state index in [4.69, 9.17) is 0 Å². The molecule has 1 fully saturated rings. The van der Waals surface area contributed by atoms with Crippen LogP contribution in [0.5, 0.6) is 0 Å². The number of hydrogen-bond acceptors (Lipinski definition) is 3. The lowest BCUT2D eigenvalue weighted by molar-refractivity contribution is 0.545. The van der Waals surface area contributed by atoms with Gasteiger partial charge in [0.2, 0.25) is 0 Å². The average Bonchev–Trinajstić information content (AvgIpc) is 2.43. The monoisotopic (exact) mass is 269 g/mol. The fraction of sp³-hybridized carbons (Fsp3) is 1.00. The van der Waals surface area contributed by atoms with E-state index >= 15 is 0 Å². The zero-order valence-corrected chi connectivity index (χ0v) is 12.8. The van der Waals surface area contributed by atoms with Crippen LogP contribution >= 0.6 is 0 Å². The average molecular weight is 269 g/mol. The maximum Gasteiger partial charge on any atom is -0.00484 e.